The van der Waals surface area contributed by atoms with Crippen molar-refractivity contribution in [2.24, 2.45) is 0 Å². The molecular formula is C26H23Br2N3O3S. The van der Waals surface area contributed by atoms with Crippen molar-refractivity contribution >= 4 is 66.2 Å². The molecule has 1 amide bonds. The molecule has 1 heterocycles. The van der Waals surface area contributed by atoms with Gasteiger partial charge in [-0.25, -0.2) is 4.98 Å². The number of nitrogens with zero attached hydrogens (tertiary/aromatic N) is 1. The smallest absolute Gasteiger partial charge is 0.261 e. The van der Waals surface area contributed by atoms with Crippen LogP contribution in [0, 0.1) is 0 Å². The Balaban J connectivity index is 1.38. The van der Waals surface area contributed by atoms with Crippen LogP contribution in [0.3, 0.4) is 0 Å². The quantitative estimate of drug-likeness (QED) is 0.228. The highest BCUT2D eigenvalue weighted by molar-refractivity contribution is 9.11. The summed E-state index contributed by atoms with van der Waals surface area (Å²) in [5.41, 5.74) is 5.09. The maximum atomic E-state index is 12.7. The number of halogens is 2. The Morgan fingerprint density at radius 2 is 1.86 bits per heavy atom. The molecule has 6 nitrogen and oxygen atoms in total. The molecule has 180 valence electrons. The summed E-state index contributed by atoms with van der Waals surface area (Å²) >= 11 is 12.1. The first kappa shape index (κ1) is 25.3. The number of aromatic nitrogens is 1. The molecule has 0 atom stereocenters. The van der Waals surface area contributed by atoms with Crippen molar-refractivity contribution in [2.75, 3.05) is 7.11 Å². The predicted octanol–water partition coefficient (Wildman–Crippen LogP) is 6.96. The topological polar surface area (TPSA) is 76.4 Å². The number of amides is 1. The number of benzene rings is 3. The van der Waals surface area contributed by atoms with E-state index in [1.807, 2.05) is 30.3 Å². The Labute approximate surface area is 225 Å². The van der Waals surface area contributed by atoms with E-state index in [1.54, 1.807) is 12.1 Å². The van der Waals surface area contributed by atoms with Crippen LogP contribution >= 0.6 is 44.1 Å². The van der Waals surface area contributed by atoms with Gasteiger partial charge in [0.25, 0.3) is 5.91 Å². The van der Waals surface area contributed by atoms with Gasteiger partial charge in [-0.2, -0.15) is 0 Å². The molecule has 0 unspecified atom stereocenters. The zero-order valence-electron chi connectivity index (χ0n) is 19.3. The molecule has 3 aromatic carbocycles. The van der Waals surface area contributed by atoms with Crippen molar-refractivity contribution in [1.82, 2.24) is 15.6 Å². The SMILES string of the molecule is COc1c(Br)cc(Br)cc1C(=O)NC(=S)NCc1ccc(-c2nc3cc(C(C)C)ccc3o2)cc1. The molecule has 0 aliphatic rings. The second-order valence-corrected chi connectivity index (χ2v) is 10.4. The third-order valence-electron chi connectivity index (χ3n) is 5.42. The van der Waals surface area contributed by atoms with Crippen LogP contribution in [0.4, 0.5) is 0 Å². The van der Waals surface area contributed by atoms with Crippen LogP contribution in [0.15, 0.2) is 68.0 Å². The van der Waals surface area contributed by atoms with Gasteiger partial charge >= 0.3 is 0 Å². The molecule has 0 spiro atoms. The molecule has 2 N–H and O–H groups in total. The first-order chi connectivity index (χ1) is 16.7. The molecule has 4 aromatic rings. The minimum Gasteiger partial charge on any atom is -0.495 e. The van der Waals surface area contributed by atoms with Crippen LogP contribution in [0.5, 0.6) is 5.75 Å². The van der Waals surface area contributed by atoms with E-state index < -0.39 is 0 Å². The largest absolute Gasteiger partial charge is 0.495 e. The highest BCUT2D eigenvalue weighted by Gasteiger charge is 2.17. The summed E-state index contributed by atoms with van der Waals surface area (Å²) in [6.07, 6.45) is 0. The van der Waals surface area contributed by atoms with Crippen molar-refractivity contribution in [3.8, 4) is 17.2 Å². The summed E-state index contributed by atoms with van der Waals surface area (Å²) in [7, 11) is 1.51. The molecule has 1 aromatic heterocycles. The van der Waals surface area contributed by atoms with Crippen molar-refractivity contribution in [3.05, 3.63) is 80.2 Å². The lowest BCUT2D eigenvalue weighted by Crippen LogP contribution is -2.39. The number of carbonyl (C=O) groups excluding carboxylic acids is 1. The molecule has 0 aliphatic carbocycles. The highest BCUT2D eigenvalue weighted by Crippen LogP contribution is 2.32. The van der Waals surface area contributed by atoms with E-state index in [2.05, 4.69) is 73.5 Å². The monoisotopic (exact) mass is 615 g/mol. The van der Waals surface area contributed by atoms with Gasteiger partial charge in [-0.1, -0.05) is 48.0 Å². The standard InChI is InChI=1S/C26H23Br2N3O3S/c1-14(2)17-8-9-22-21(10-17)30-25(34-22)16-6-4-15(5-7-16)13-29-26(35)31-24(32)19-11-18(27)12-20(28)23(19)33-3/h4-12,14H,13H2,1-3H3,(H2,29,31,32,35). The Bertz CT molecular complexity index is 1400. The van der Waals surface area contributed by atoms with Gasteiger partial charge in [-0.3, -0.25) is 10.1 Å². The Morgan fingerprint density at radius 1 is 1.11 bits per heavy atom. The first-order valence-electron chi connectivity index (χ1n) is 10.9. The maximum Gasteiger partial charge on any atom is 0.261 e. The van der Waals surface area contributed by atoms with Gasteiger partial charge in [-0.15, -0.1) is 0 Å². The van der Waals surface area contributed by atoms with Gasteiger partial charge in [0.05, 0.1) is 17.1 Å². The third-order valence-corrected chi connectivity index (χ3v) is 6.71. The first-order valence-corrected chi connectivity index (χ1v) is 12.9. The fourth-order valence-corrected chi connectivity index (χ4v) is 5.08. The van der Waals surface area contributed by atoms with Crippen LogP contribution in [-0.2, 0) is 6.54 Å². The number of thiocarbonyl (C=S) groups is 1. The van der Waals surface area contributed by atoms with E-state index in [0.29, 0.717) is 34.1 Å². The molecule has 0 saturated heterocycles. The van der Waals surface area contributed by atoms with Gasteiger partial charge in [-0.05, 0) is 81.6 Å². The number of carbonyl (C=O) groups is 1. The lowest BCUT2D eigenvalue weighted by molar-refractivity contribution is 0.0973. The van der Waals surface area contributed by atoms with E-state index in [0.717, 1.165) is 26.7 Å². The second-order valence-electron chi connectivity index (χ2n) is 8.20. The minimum absolute atomic E-state index is 0.220. The summed E-state index contributed by atoms with van der Waals surface area (Å²) in [5, 5.41) is 5.97. The van der Waals surface area contributed by atoms with E-state index in [-0.39, 0.29) is 11.0 Å². The van der Waals surface area contributed by atoms with E-state index in [4.69, 9.17) is 21.4 Å². The van der Waals surface area contributed by atoms with E-state index in [1.165, 1.54) is 12.7 Å². The summed E-state index contributed by atoms with van der Waals surface area (Å²) < 4.78 is 12.7. The van der Waals surface area contributed by atoms with Crippen LogP contribution in [0.1, 0.15) is 41.3 Å². The van der Waals surface area contributed by atoms with Gasteiger partial charge in [0.2, 0.25) is 5.89 Å². The summed E-state index contributed by atoms with van der Waals surface area (Å²) in [6, 6.07) is 17.4. The average molecular weight is 617 g/mol. The number of ether oxygens (including phenoxy) is 1. The van der Waals surface area contributed by atoms with Gasteiger partial charge in [0, 0.05) is 16.6 Å². The van der Waals surface area contributed by atoms with Crippen molar-refractivity contribution in [1.29, 1.82) is 0 Å². The Morgan fingerprint density at radius 3 is 2.54 bits per heavy atom. The van der Waals surface area contributed by atoms with Crippen LogP contribution in [0.25, 0.3) is 22.6 Å². The lowest BCUT2D eigenvalue weighted by Gasteiger charge is -2.13. The number of methoxy groups -OCH3 is 1. The van der Waals surface area contributed by atoms with Crippen molar-refractivity contribution < 1.29 is 13.9 Å². The maximum absolute atomic E-state index is 12.7. The molecule has 0 saturated carbocycles. The zero-order valence-corrected chi connectivity index (χ0v) is 23.3. The number of oxazole rings is 1. The van der Waals surface area contributed by atoms with Crippen molar-refractivity contribution in [2.45, 2.75) is 26.3 Å². The fraction of sp³-hybridized carbons (Fsp3) is 0.192. The van der Waals surface area contributed by atoms with E-state index in [9.17, 15) is 4.79 Å². The summed E-state index contributed by atoms with van der Waals surface area (Å²) in [4.78, 5) is 17.4. The van der Waals surface area contributed by atoms with Gasteiger partial charge in [0.1, 0.15) is 11.3 Å². The number of nitrogens with one attached hydrogen (secondary N) is 2. The molecular weight excluding hydrogens is 594 g/mol. The molecule has 35 heavy (non-hydrogen) atoms. The fourth-order valence-electron chi connectivity index (χ4n) is 3.53. The zero-order chi connectivity index (χ0) is 25.1. The van der Waals surface area contributed by atoms with Gasteiger partial charge < -0.3 is 14.5 Å². The molecule has 0 radical (unpaired) electrons. The molecule has 0 fully saturated rings. The normalized spacial score (nSPS) is 11.0. The molecule has 0 aliphatic heterocycles. The van der Waals surface area contributed by atoms with Gasteiger partial charge in [0.15, 0.2) is 10.7 Å². The van der Waals surface area contributed by atoms with E-state index >= 15 is 0 Å². The third kappa shape index (κ3) is 5.91. The molecule has 4 rings (SSSR count). The minimum atomic E-state index is -0.367. The summed E-state index contributed by atoms with van der Waals surface area (Å²) in [6.45, 7) is 4.76. The number of hydrogen-bond donors (Lipinski definition) is 2. The number of fused-ring (bicyclic) bond motifs is 1. The Hall–Kier alpha value is -2.75. The second kappa shape index (κ2) is 10.9. The molecule has 0 bridgehead atoms. The Kier molecular flexibility index (Phi) is 7.88. The summed E-state index contributed by atoms with van der Waals surface area (Å²) in [5.74, 6) is 1.08. The van der Waals surface area contributed by atoms with Crippen LogP contribution < -0.4 is 15.4 Å². The van der Waals surface area contributed by atoms with Crippen LogP contribution in [-0.4, -0.2) is 23.1 Å². The number of hydrogen-bond acceptors (Lipinski definition) is 5. The number of rotatable bonds is 6. The highest BCUT2D eigenvalue weighted by atomic mass is 79.9. The average Bonchev–Trinajstić information content (AvgIpc) is 3.26. The van der Waals surface area contributed by atoms with Crippen LogP contribution in [0.2, 0.25) is 0 Å². The lowest BCUT2D eigenvalue weighted by atomic mass is 10.0. The predicted molar refractivity (Wildman–Crippen MR) is 149 cm³/mol. The molecule has 9 heteroatoms. The van der Waals surface area contributed by atoms with Crippen molar-refractivity contribution in [3.63, 3.8) is 0 Å².